The summed E-state index contributed by atoms with van der Waals surface area (Å²) >= 11 is 0. The fraction of sp³-hybridized carbons (Fsp3) is 0.286. The van der Waals surface area contributed by atoms with Gasteiger partial charge in [-0.2, -0.15) is 18.4 Å². The van der Waals surface area contributed by atoms with Gasteiger partial charge in [0.25, 0.3) is 21.8 Å². The van der Waals surface area contributed by atoms with Crippen LogP contribution in [0, 0.1) is 6.92 Å². The zero-order valence-corrected chi connectivity index (χ0v) is 17.3. The fourth-order valence-corrected chi connectivity index (χ4v) is 4.83. The van der Waals surface area contributed by atoms with Crippen LogP contribution in [-0.2, 0) is 19.5 Å². The molecule has 0 radical (unpaired) electrons. The van der Waals surface area contributed by atoms with Gasteiger partial charge in [0.05, 0.1) is 34.4 Å². The predicted octanol–water partition coefficient (Wildman–Crippen LogP) is 1.44. The number of hydrogen-bond acceptors (Lipinski definition) is 7. The highest BCUT2D eigenvalue weighted by molar-refractivity contribution is 7.89. The smallest absolute Gasteiger partial charge is 0.276 e. The van der Waals surface area contributed by atoms with E-state index in [1.807, 2.05) is 6.92 Å². The van der Waals surface area contributed by atoms with E-state index in [2.05, 4.69) is 9.93 Å². The highest BCUT2D eigenvalue weighted by Gasteiger charge is 2.50. The molecule has 1 N–H and O–H groups in total. The molecule has 2 amide bonds. The lowest BCUT2D eigenvalue weighted by molar-refractivity contribution is -0.0376. The summed E-state index contributed by atoms with van der Waals surface area (Å²) in [6, 6.07) is 12.3. The van der Waals surface area contributed by atoms with Gasteiger partial charge in [-0.1, -0.05) is 29.8 Å². The summed E-state index contributed by atoms with van der Waals surface area (Å²) in [7, 11) is -3.89. The van der Waals surface area contributed by atoms with Gasteiger partial charge in [-0.3, -0.25) is 14.5 Å². The summed E-state index contributed by atoms with van der Waals surface area (Å²) in [6.45, 7) is 2.03. The van der Waals surface area contributed by atoms with Crippen molar-refractivity contribution >= 4 is 27.5 Å². The summed E-state index contributed by atoms with van der Waals surface area (Å²) in [5.41, 5.74) is 1.88. The number of benzene rings is 2. The molecule has 2 bridgehead atoms. The van der Waals surface area contributed by atoms with Crippen LogP contribution in [-0.4, -0.2) is 55.9 Å². The third-order valence-electron chi connectivity index (χ3n) is 5.63. The topological polar surface area (TPSA) is 114 Å². The lowest BCUT2D eigenvalue weighted by atomic mass is 10.0. The number of fused-ring (bicyclic) bond motifs is 3. The van der Waals surface area contributed by atoms with Crippen molar-refractivity contribution in [2.45, 2.75) is 36.7 Å². The average molecular weight is 441 g/mol. The summed E-state index contributed by atoms with van der Waals surface area (Å²) in [4.78, 5) is 29.2. The van der Waals surface area contributed by atoms with Crippen LogP contribution in [0.25, 0.3) is 0 Å². The highest BCUT2D eigenvalue weighted by atomic mass is 32.2. The number of sulfonamides is 1. The number of ether oxygens (including phenoxy) is 2. The molecule has 3 aliphatic rings. The van der Waals surface area contributed by atoms with E-state index in [4.69, 9.17) is 9.47 Å². The number of hydrogen-bond donors (Lipinski definition) is 1. The molecule has 0 saturated carbocycles. The van der Waals surface area contributed by atoms with Gasteiger partial charge >= 0.3 is 0 Å². The molecule has 0 aromatic heterocycles. The second-order valence-electron chi connectivity index (χ2n) is 7.65. The van der Waals surface area contributed by atoms with Crippen LogP contribution in [0.2, 0.25) is 0 Å². The van der Waals surface area contributed by atoms with Crippen molar-refractivity contribution < 1.29 is 27.5 Å². The normalized spacial score (nSPS) is 26.4. The minimum Gasteiger partial charge on any atom is -0.344 e. The van der Waals surface area contributed by atoms with Crippen LogP contribution >= 0.6 is 0 Å². The molecule has 160 valence electrons. The third-order valence-corrected chi connectivity index (χ3v) is 6.85. The number of aryl methyl sites for hydroxylation is 1. The Bertz CT molecular complexity index is 1170. The monoisotopic (exact) mass is 441 g/mol. The van der Waals surface area contributed by atoms with E-state index in [9.17, 15) is 18.0 Å². The van der Waals surface area contributed by atoms with Crippen LogP contribution in [0.3, 0.4) is 0 Å². The number of carbonyl (C=O) groups excluding carboxylic acids is 2. The van der Waals surface area contributed by atoms with Gasteiger partial charge < -0.3 is 9.47 Å². The van der Waals surface area contributed by atoms with E-state index in [0.29, 0.717) is 11.1 Å². The molecule has 9 nitrogen and oxygen atoms in total. The largest absolute Gasteiger partial charge is 0.344 e. The average Bonchev–Trinajstić information content (AvgIpc) is 3.29. The summed E-state index contributed by atoms with van der Waals surface area (Å²) < 4.78 is 36.5. The molecule has 0 spiro atoms. The van der Waals surface area contributed by atoms with Crippen LogP contribution in [0.4, 0.5) is 0 Å². The Morgan fingerprint density at radius 3 is 2.32 bits per heavy atom. The lowest BCUT2D eigenvalue weighted by Gasteiger charge is -2.33. The Balaban J connectivity index is 1.40. The molecule has 3 atom stereocenters. The second kappa shape index (κ2) is 7.26. The molecule has 2 fully saturated rings. The van der Waals surface area contributed by atoms with Crippen molar-refractivity contribution in [2.24, 2.45) is 5.10 Å². The van der Waals surface area contributed by atoms with Crippen molar-refractivity contribution in [1.29, 1.82) is 0 Å². The van der Waals surface area contributed by atoms with E-state index >= 15 is 0 Å². The number of imide groups is 1. The van der Waals surface area contributed by atoms with E-state index in [0.717, 1.165) is 5.56 Å². The van der Waals surface area contributed by atoms with Gasteiger partial charge in [0, 0.05) is 6.42 Å². The molecule has 0 aliphatic carbocycles. The van der Waals surface area contributed by atoms with Crippen molar-refractivity contribution in [3.05, 3.63) is 65.2 Å². The SMILES string of the molecule is Cc1ccc(S(=O)(=O)N/N=C2\C[C@@H](N3C(=O)c4ccccc4C3=O)[C@@H]3CO[C@@H]2O3)cc1. The Kier molecular flexibility index (Phi) is 4.65. The third kappa shape index (κ3) is 3.32. The molecule has 2 aromatic carbocycles. The Labute approximate surface area is 178 Å². The van der Waals surface area contributed by atoms with E-state index in [1.165, 1.54) is 17.0 Å². The van der Waals surface area contributed by atoms with E-state index < -0.39 is 40.3 Å². The van der Waals surface area contributed by atoms with Crippen LogP contribution < -0.4 is 4.83 Å². The fourth-order valence-electron chi connectivity index (χ4n) is 3.99. The zero-order valence-electron chi connectivity index (χ0n) is 16.5. The van der Waals surface area contributed by atoms with Gasteiger partial charge in [-0.05, 0) is 31.2 Å². The maximum atomic E-state index is 12.9. The molecule has 2 saturated heterocycles. The first kappa shape index (κ1) is 19.9. The molecule has 3 aliphatic heterocycles. The van der Waals surface area contributed by atoms with Crippen LogP contribution in [0.1, 0.15) is 32.7 Å². The summed E-state index contributed by atoms with van der Waals surface area (Å²) in [5.74, 6) is -0.807. The molecule has 5 rings (SSSR count). The van der Waals surface area contributed by atoms with Crippen molar-refractivity contribution in [2.75, 3.05) is 6.61 Å². The van der Waals surface area contributed by atoms with Gasteiger partial charge in [0.1, 0.15) is 6.10 Å². The molecule has 0 unspecified atom stereocenters. The number of nitrogens with one attached hydrogen (secondary N) is 1. The number of carbonyl (C=O) groups is 2. The number of hydrazone groups is 1. The summed E-state index contributed by atoms with van der Waals surface area (Å²) in [6.07, 6.45) is -1.17. The van der Waals surface area contributed by atoms with Gasteiger partial charge in [0.15, 0.2) is 6.29 Å². The van der Waals surface area contributed by atoms with Crippen LogP contribution in [0.15, 0.2) is 58.5 Å². The predicted molar refractivity (Wildman–Crippen MR) is 109 cm³/mol. The molecular formula is C21H19N3O6S. The number of nitrogens with zero attached hydrogens (tertiary/aromatic N) is 2. The Morgan fingerprint density at radius 2 is 1.68 bits per heavy atom. The Hall–Kier alpha value is -3.08. The van der Waals surface area contributed by atoms with Gasteiger partial charge in [-0.15, -0.1) is 0 Å². The summed E-state index contributed by atoms with van der Waals surface area (Å²) in [5, 5.41) is 4.03. The van der Waals surface area contributed by atoms with Crippen molar-refractivity contribution in [3.63, 3.8) is 0 Å². The van der Waals surface area contributed by atoms with Crippen molar-refractivity contribution in [3.8, 4) is 0 Å². The maximum absolute atomic E-state index is 12.9. The van der Waals surface area contributed by atoms with Gasteiger partial charge in [-0.25, -0.2) is 0 Å². The highest BCUT2D eigenvalue weighted by Crippen LogP contribution is 2.34. The molecule has 2 aromatic rings. The lowest BCUT2D eigenvalue weighted by Crippen LogP contribution is -2.52. The maximum Gasteiger partial charge on any atom is 0.276 e. The minimum atomic E-state index is -3.89. The van der Waals surface area contributed by atoms with E-state index in [1.54, 1.807) is 36.4 Å². The molecule has 10 heteroatoms. The first-order valence-electron chi connectivity index (χ1n) is 9.74. The van der Waals surface area contributed by atoms with Crippen LogP contribution in [0.5, 0.6) is 0 Å². The zero-order chi connectivity index (χ0) is 21.8. The quantitative estimate of drug-likeness (QED) is 0.567. The van der Waals surface area contributed by atoms with E-state index in [-0.39, 0.29) is 23.6 Å². The Morgan fingerprint density at radius 1 is 1.03 bits per heavy atom. The van der Waals surface area contributed by atoms with Gasteiger partial charge in [0.2, 0.25) is 0 Å². The molecular weight excluding hydrogens is 422 g/mol. The minimum absolute atomic E-state index is 0.0706. The van der Waals surface area contributed by atoms with Crippen molar-refractivity contribution in [1.82, 2.24) is 9.73 Å². The number of amides is 2. The number of rotatable bonds is 4. The first-order chi connectivity index (χ1) is 14.8. The molecule has 3 heterocycles. The molecule has 31 heavy (non-hydrogen) atoms. The first-order valence-corrected chi connectivity index (χ1v) is 11.2. The standard InChI is InChI=1S/C21H19N3O6S/c1-12-6-8-13(9-7-12)31(27,28)23-22-16-10-17(18-11-29-21(16)30-18)24-19(25)14-4-2-3-5-15(14)20(24)26/h2-9,17-18,21,23H,10-11H2,1H3/b22-16+/t17-,18+,21-/m1/s1. The second-order valence-corrected chi connectivity index (χ2v) is 9.31.